The van der Waals surface area contributed by atoms with E-state index < -0.39 is 0 Å². The number of ether oxygens (including phenoxy) is 1. The lowest BCUT2D eigenvalue weighted by Crippen LogP contribution is -2.50. The van der Waals surface area contributed by atoms with Crippen LogP contribution >= 0.6 is 0 Å². The fraction of sp³-hybridized carbons (Fsp3) is 0.429. The molecule has 1 saturated heterocycles. The summed E-state index contributed by atoms with van der Waals surface area (Å²) >= 11 is 0. The van der Waals surface area contributed by atoms with Crippen LogP contribution in [0, 0.1) is 13.8 Å². The Kier molecular flexibility index (Phi) is 6.23. The predicted molar refractivity (Wildman–Crippen MR) is 102 cm³/mol. The lowest BCUT2D eigenvalue weighted by molar-refractivity contribution is -0.135. The molecule has 1 aliphatic rings. The van der Waals surface area contributed by atoms with Gasteiger partial charge in [-0.15, -0.1) is 0 Å². The number of piperazine rings is 1. The number of nitrogens with zero attached hydrogens (tertiary/aromatic N) is 3. The van der Waals surface area contributed by atoms with E-state index in [0.29, 0.717) is 0 Å². The first-order valence-electron chi connectivity index (χ1n) is 9.22. The molecule has 0 radical (unpaired) electrons. The van der Waals surface area contributed by atoms with E-state index in [2.05, 4.69) is 22.9 Å². The zero-order valence-electron chi connectivity index (χ0n) is 15.6. The molecule has 2 aromatic rings. The smallest absolute Gasteiger partial charge is 0.260 e. The Morgan fingerprint density at radius 1 is 1.08 bits per heavy atom. The minimum Gasteiger partial charge on any atom is -0.484 e. The van der Waals surface area contributed by atoms with Gasteiger partial charge in [0.2, 0.25) is 0 Å². The van der Waals surface area contributed by atoms with Gasteiger partial charge in [-0.05, 0) is 49.2 Å². The van der Waals surface area contributed by atoms with Crippen LogP contribution in [-0.2, 0) is 11.2 Å². The van der Waals surface area contributed by atoms with Crippen LogP contribution in [0.1, 0.15) is 16.8 Å². The first-order chi connectivity index (χ1) is 12.6. The molecule has 5 heteroatoms. The second kappa shape index (κ2) is 8.81. The van der Waals surface area contributed by atoms with Gasteiger partial charge in [0.15, 0.2) is 6.61 Å². The number of carbonyl (C=O) groups excluding carboxylic acids is 1. The zero-order valence-corrected chi connectivity index (χ0v) is 15.6. The summed E-state index contributed by atoms with van der Waals surface area (Å²) in [7, 11) is 0. The van der Waals surface area contributed by atoms with Crippen molar-refractivity contribution in [1.82, 2.24) is 14.8 Å². The van der Waals surface area contributed by atoms with Crippen LogP contribution in [0.4, 0.5) is 0 Å². The largest absolute Gasteiger partial charge is 0.484 e. The predicted octanol–water partition coefficient (Wildman–Crippen LogP) is 2.46. The molecule has 1 aliphatic heterocycles. The van der Waals surface area contributed by atoms with Gasteiger partial charge in [0.25, 0.3) is 5.91 Å². The molecule has 1 amide bonds. The van der Waals surface area contributed by atoms with Crippen LogP contribution in [0.5, 0.6) is 5.75 Å². The Labute approximate surface area is 155 Å². The van der Waals surface area contributed by atoms with E-state index in [1.54, 1.807) is 0 Å². The topological polar surface area (TPSA) is 45.7 Å². The van der Waals surface area contributed by atoms with Crippen molar-refractivity contribution >= 4 is 5.91 Å². The van der Waals surface area contributed by atoms with Gasteiger partial charge < -0.3 is 9.64 Å². The molecule has 0 atom stereocenters. The van der Waals surface area contributed by atoms with Crippen molar-refractivity contribution in [2.75, 3.05) is 39.3 Å². The maximum Gasteiger partial charge on any atom is 0.260 e. The molecule has 3 rings (SSSR count). The van der Waals surface area contributed by atoms with E-state index in [9.17, 15) is 4.79 Å². The summed E-state index contributed by atoms with van der Waals surface area (Å²) in [6, 6.07) is 11.9. The molecular formula is C21H27N3O2. The number of benzene rings is 1. The molecule has 0 spiro atoms. The highest BCUT2D eigenvalue weighted by Crippen LogP contribution is 2.16. The number of aryl methyl sites for hydroxylation is 2. The van der Waals surface area contributed by atoms with Gasteiger partial charge in [-0.1, -0.05) is 12.1 Å². The third kappa shape index (κ3) is 5.05. The van der Waals surface area contributed by atoms with Gasteiger partial charge in [-0.2, -0.15) is 0 Å². The van der Waals surface area contributed by atoms with Crippen molar-refractivity contribution in [1.29, 1.82) is 0 Å². The van der Waals surface area contributed by atoms with Crippen molar-refractivity contribution < 1.29 is 9.53 Å². The van der Waals surface area contributed by atoms with Crippen molar-refractivity contribution in [2.45, 2.75) is 20.3 Å². The van der Waals surface area contributed by atoms with Gasteiger partial charge in [0.1, 0.15) is 5.75 Å². The van der Waals surface area contributed by atoms with Crippen LogP contribution in [-0.4, -0.2) is 60.0 Å². The van der Waals surface area contributed by atoms with Gasteiger partial charge in [-0.25, -0.2) is 0 Å². The Morgan fingerprint density at radius 2 is 1.88 bits per heavy atom. The maximum absolute atomic E-state index is 12.4. The maximum atomic E-state index is 12.4. The Bertz CT molecular complexity index is 725. The summed E-state index contributed by atoms with van der Waals surface area (Å²) in [6.07, 6.45) is 2.78. The Balaban J connectivity index is 1.39. The van der Waals surface area contributed by atoms with Gasteiger partial charge in [0, 0.05) is 51.0 Å². The molecular weight excluding hydrogens is 326 g/mol. The van der Waals surface area contributed by atoms with Crippen LogP contribution in [0.3, 0.4) is 0 Å². The van der Waals surface area contributed by atoms with E-state index in [1.807, 2.05) is 48.4 Å². The SMILES string of the molecule is Cc1ccc(OCC(=O)N2CCN(CCc3ccccn3)CC2)cc1C. The fourth-order valence-electron chi connectivity index (χ4n) is 3.08. The highest BCUT2D eigenvalue weighted by Gasteiger charge is 2.21. The van der Waals surface area contributed by atoms with Crippen molar-refractivity contribution in [3.05, 3.63) is 59.4 Å². The Morgan fingerprint density at radius 3 is 2.58 bits per heavy atom. The summed E-state index contributed by atoms with van der Waals surface area (Å²) in [4.78, 5) is 21.0. The molecule has 0 N–H and O–H groups in total. The van der Waals surface area contributed by atoms with Gasteiger partial charge >= 0.3 is 0 Å². The summed E-state index contributed by atoms with van der Waals surface area (Å²) in [5.74, 6) is 0.822. The van der Waals surface area contributed by atoms with Crippen LogP contribution in [0.25, 0.3) is 0 Å². The molecule has 0 aliphatic carbocycles. The highest BCUT2D eigenvalue weighted by molar-refractivity contribution is 5.77. The molecule has 2 heterocycles. The summed E-state index contributed by atoms with van der Waals surface area (Å²) < 4.78 is 5.68. The highest BCUT2D eigenvalue weighted by atomic mass is 16.5. The summed E-state index contributed by atoms with van der Waals surface area (Å²) in [5.41, 5.74) is 3.52. The first kappa shape index (κ1) is 18.4. The zero-order chi connectivity index (χ0) is 18.4. The number of hydrogen-bond acceptors (Lipinski definition) is 4. The second-order valence-corrected chi connectivity index (χ2v) is 6.83. The molecule has 0 unspecified atom stereocenters. The van der Waals surface area contributed by atoms with E-state index in [4.69, 9.17) is 4.74 Å². The standard InChI is InChI=1S/C21H27N3O2/c1-17-6-7-20(15-18(17)2)26-16-21(25)24-13-11-23(12-14-24)10-8-19-5-3-4-9-22-19/h3-7,9,15H,8,10-14,16H2,1-2H3. The molecule has 1 aromatic carbocycles. The third-order valence-corrected chi connectivity index (χ3v) is 4.98. The van der Waals surface area contributed by atoms with E-state index in [1.165, 1.54) is 11.1 Å². The summed E-state index contributed by atoms with van der Waals surface area (Å²) in [5, 5.41) is 0. The van der Waals surface area contributed by atoms with Gasteiger partial charge in [0.05, 0.1) is 0 Å². The molecule has 138 valence electrons. The van der Waals surface area contributed by atoms with Gasteiger partial charge in [-0.3, -0.25) is 14.7 Å². The number of rotatable bonds is 6. The number of amides is 1. The van der Waals surface area contributed by atoms with Crippen LogP contribution < -0.4 is 4.74 Å². The normalized spacial score (nSPS) is 15.1. The van der Waals surface area contributed by atoms with Crippen LogP contribution in [0.2, 0.25) is 0 Å². The lowest BCUT2D eigenvalue weighted by Gasteiger charge is -2.34. The fourth-order valence-corrected chi connectivity index (χ4v) is 3.08. The molecule has 0 saturated carbocycles. The average molecular weight is 353 g/mol. The van der Waals surface area contributed by atoms with Crippen molar-refractivity contribution in [2.24, 2.45) is 0 Å². The van der Waals surface area contributed by atoms with Crippen LogP contribution in [0.15, 0.2) is 42.6 Å². The molecule has 1 fully saturated rings. The molecule has 26 heavy (non-hydrogen) atoms. The molecule has 0 bridgehead atoms. The second-order valence-electron chi connectivity index (χ2n) is 6.83. The van der Waals surface area contributed by atoms with Crippen molar-refractivity contribution in [3.8, 4) is 5.75 Å². The number of hydrogen-bond donors (Lipinski definition) is 0. The number of aromatic nitrogens is 1. The van der Waals surface area contributed by atoms with E-state index in [-0.39, 0.29) is 12.5 Å². The molecule has 1 aromatic heterocycles. The molecule has 5 nitrogen and oxygen atoms in total. The average Bonchev–Trinajstić information content (AvgIpc) is 2.68. The number of pyridine rings is 1. The minimum atomic E-state index is 0.0626. The minimum absolute atomic E-state index is 0.0626. The first-order valence-corrected chi connectivity index (χ1v) is 9.22. The quantitative estimate of drug-likeness (QED) is 0.800. The number of carbonyl (C=O) groups is 1. The summed E-state index contributed by atoms with van der Waals surface area (Å²) in [6.45, 7) is 8.54. The Hall–Kier alpha value is -2.40. The van der Waals surface area contributed by atoms with Crippen molar-refractivity contribution in [3.63, 3.8) is 0 Å². The van der Waals surface area contributed by atoms with E-state index in [0.717, 1.165) is 50.6 Å². The third-order valence-electron chi connectivity index (χ3n) is 4.98. The van der Waals surface area contributed by atoms with E-state index >= 15 is 0 Å². The monoisotopic (exact) mass is 353 g/mol. The lowest BCUT2D eigenvalue weighted by atomic mass is 10.1.